The van der Waals surface area contributed by atoms with Gasteiger partial charge in [-0.1, -0.05) is 37.7 Å². The molecule has 0 aliphatic rings. The smallest absolute Gasteiger partial charge is 0.335 e. The number of hydrogen-bond acceptors (Lipinski definition) is 7. The molecular weight excluding hydrogens is 505 g/mol. The number of nitrogens with one attached hydrogen (secondary N) is 1. The SMILES string of the molecule is CCN(CC)S(=O)(=O)c1cccc(-c2nnc(SCC(=O)Nc3ccc(C(F)(F)F)cc3)n2N)c1. The molecule has 0 saturated heterocycles. The van der Waals surface area contributed by atoms with Gasteiger partial charge >= 0.3 is 6.18 Å². The van der Waals surface area contributed by atoms with Crippen LogP contribution >= 0.6 is 11.8 Å². The number of sulfonamides is 1. The monoisotopic (exact) mass is 528 g/mol. The predicted octanol–water partition coefficient (Wildman–Crippen LogP) is 3.44. The lowest BCUT2D eigenvalue weighted by Gasteiger charge is -2.18. The van der Waals surface area contributed by atoms with Gasteiger partial charge in [-0.3, -0.25) is 4.79 Å². The summed E-state index contributed by atoms with van der Waals surface area (Å²) in [5.41, 5.74) is -0.179. The van der Waals surface area contributed by atoms with Crippen LogP contribution in [0.5, 0.6) is 0 Å². The van der Waals surface area contributed by atoms with E-state index < -0.39 is 27.7 Å². The summed E-state index contributed by atoms with van der Waals surface area (Å²) in [6.45, 7) is 4.15. The first-order valence-corrected chi connectivity index (χ1v) is 12.8. The Hall–Kier alpha value is -3.10. The summed E-state index contributed by atoms with van der Waals surface area (Å²) in [6, 6.07) is 10.2. The Morgan fingerprint density at radius 3 is 2.37 bits per heavy atom. The first-order chi connectivity index (χ1) is 16.5. The van der Waals surface area contributed by atoms with E-state index in [1.54, 1.807) is 26.0 Å². The van der Waals surface area contributed by atoms with Crippen LogP contribution < -0.4 is 11.2 Å². The van der Waals surface area contributed by atoms with Gasteiger partial charge in [0.25, 0.3) is 0 Å². The van der Waals surface area contributed by atoms with Crippen LogP contribution in [0.1, 0.15) is 19.4 Å². The van der Waals surface area contributed by atoms with Gasteiger partial charge in [0.15, 0.2) is 5.82 Å². The number of thioether (sulfide) groups is 1. The summed E-state index contributed by atoms with van der Waals surface area (Å²) in [5.74, 6) is 5.66. The fourth-order valence-electron chi connectivity index (χ4n) is 3.15. The van der Waals surface area contributed by atoms with E-state index in [-0.39, 0.29) is 27.3 Å². The molecule has 0 saturated carbocycles. The molecule has 35 heavy (non-hydrogen) atoms. The van der Waals surface area contributed by atoms with Crippen LogP contribution in [0, 0.1) is 0 Å². The van der Waals surface area contributed by atoms with Crippen molar-refractivity contribution >= 4 is 33.4 Å². The van der Waals surface area contributed by atoms with E-state index in [4.69, 9.17) is 5.84 Å². The number of benzene rings is 2. The fourth-order valence-corrected chi connectivity index (χ4v) is 5.31. The molecule has 0 unspecified atom stereocenters. The van der Waals surface area contributed by atoms with Gasteiger partial charge in [-0.05, 0) is 36.4 Å². The van der Waals surface area contributed by atoms with Crippen LogP contribution in [-0.4, -0.2) is 52.3 Å². The van der Waals surface area contributed by atoms with Gasteiger partial charge in [0, 0.05) is 24.3 Å². The number of anilines is 1. The van der Waals surface area contributed by atoms with E-state index >= 15 is 0 Å². The molecule has 3 rings (SSSR count). The summed E-state index contributed by atoms with van der Waals surface area (Å²) in [4.78, 5) is 12.3. The fraction of sp³-hybridized carbons (Fsp3) is 0.286. The van der Waals surface area contributed by atoms with E-state index in [2.05, 4.69) is 15.5 Å². The zero-order valence-electron chi connectivity index (χ0n) is 18.8. The van der Waals surface area contributed by atoms with Crippen LogP contribution in [0.4, 0.5) is 18.9 Å². The molecule has 0 bridgehead atoms. The minimum Gasteiger partial charge on any atom is -0.335 e. The van der Waals surface area contributed by atoms with E-state index in [0.717, 1.165) is 40.7 Å². The number of aromatic nitrogens is 3. The van der Waals surface area contributed by atoms with Crippen LogP contribution in [0.3, 0.4) is 0 Å². The standard InChI is InChI=1S/C21H23F3N6O3S2/c1-3-29(4-2)35(32,33)17-7-5-6-14(12-17)19-27-28-20(30(19)25)34-13-18(31)26-16-10-8-15(9-11-16)21(22,23)24/h5-12H,3-4,13,25H2,1-2H3,(H,26,31). The summed E-state index contributed by atoms with van der Waals surface area (Å²) in [6.07, 6.45) is -4.46. The number of nitrogens with two attached hydrogens (primary N) is 1. The van der Waals surface area contributed by atoms with Crippen molar-refractivity contribution in [2.24, 2.45) is 0 Å². The van der Waals surface area contributed by atoms with E-state index in [0.29, 0.717) is 18.7 Å². The Kier molecular flexibility index (Phi) is 8.07. The molecule has 0 spiro atoms. The highest BCUT2D eigenvalue weighted by atomic mass is 32.2. The molecule has 3 aromatic rings. The van der Waals surface area contributed by atoms with Crippen molar-refractivity contribution in [2.75, 3.05) is 30.0 Å². The maximum atomic E-state index is 12.8. The number of alkyl halides is 3. The number of carbonyl (C=O) groups excluding carboxylic acids is 1. The van der Waals surface area contributed by atoms with Gasteiger partial charge in [0.2, 0.25) is 21.1 Å². The zero-order valence-corrected chi connectivity index (χ0v) is 20.4. The van der Waals surface area contributed by atoms with Gasteiger partial charge in [0.05, 0.1) is 16.2 Å². The molecule has 188 valence electrons. The largest absolute Gasteiger partial charge is 0.416 e. The Labute approximate surface area is 204 Å². The maximum Gasteiger partial charge on any atom is 0.416 e. The number of halogens is 3. The van der Waals surface area contributed by atoms with Gasteiger partial charge < -0.3 is 11.2 Å². The Balaban J connectivity index is 1.69. The van der Waals surface area contributed by atoms with Gasteiger partial charge in [-0.2, -0.15) is 17.5 Å². The second kappa shape index (κ2) is 10.7. The highest BCUT2D eigenvalue weighted by molar-refractivity contribution is 7.99. The van der Waals surface area contributed by atoms with E-state index in [1.165, 1.54) is 16.4 Å². The van der Waals surface area contributed by atoms with Crippen molar-refractivity contribution < 1.29 is 26.4 Å². The number of rotatable bonds is 9. The molecule has 0 aliphatic heterocycles. The summed E-state index contributed by atoms with van der Waals surface area (Å²) in [5, 5.41) is 10.7. The molecule has 9 nitrogen and oxygen atoms in total. The molecular formula is C21H23F3N6O3S2. The lowest BCUT2D eigenvalue weighted by atomic mass is 10.2. The van der Waals surface area contributed by atoms with Crippen molar-refractivity contribution in [3.05, 3.63) is 54.1 Å². The molecule has 0 atom stereocenters. The normalized spacial score (nSPS) is 12.2. The van der Waals surface area contributed by atoms with Crippen molar-refractivity contribution in [3.8, 4) is 11.4 Å². The van der Waals surface area contributed by atoms with Gasteiger partial charge in [-0.15, -0.1) is 10.2 Å². The molecule has 1 heterocycles. The second-order valence-corrected chi connectivity index (χ2v) is 10.1. The summed E-state index contributed by atoms with van der Waals surface area (Å²) in [7, 11) is -3.69. The van der Waals surface area contributed by atoms with Crippen molar-refractivity contribution in [1.82, 2.24) is 19.2 Å². The Morgan fingerprint density at radius 2 is 1.77 bits per heavy atom. The first-order valence-electron chi connectivity index (χ1n) is 10.4. The van der Waals surface area contributed by atoms with Crippen LogP contribution in [-0.2, 0) is 21.0 Å². The van der Waals surface area contributed by atoms with Crippen LogP contribution in [0.2, 0.25) is 0 Å². The predicted molar refractivity (Wildman–Crippen MR) is 127 cm³/mol. The number of hydrogen-bond donors (Lipinski definition) is 2. The third-order valence-electron chi connectivity index (χ3n) is 4.93. The maximum absolute atomic E-state index is 12.8. The van der Waals surface area contributed by atoms with Crippen molar-refractivity contribution in [3.63, 3.8) is 0 Å². The molecule has 2 aromatic carbocycles. The summed E-state index contributed by atoms with van der Waals surface area (Å²) < 4.78 is 66.0. The number of nitrogen functional groups attached to an aromatic ring is 1. The second-order valence-electron chi connectivity index (χ2n) is 7.21. The topological polar surface area (TPSA) is 123 Å². The highest BCUT2D eigenvalue weighted by Gasteiger charge is 2.30. The molecule has 0 aliphatic carbocycles. The Bertz CT molecular complexity index is 1290. The van der Waals surface area contributed by atoms with Gasteiger partial charge in [0.1, 0.15) is 0 Å². The molecule has 14 heteroatoms. The number of carbonyl (C=O) groups is 1. The third-order valence-corrected chi connectivity index (χ3v) is 7.92. The average molecular weight is 529 g/mol. The lowest BCUT2D eigenvalue weighted by Crippen LogP contribution is -2.30. The number of nitrogens with zero attached hydrogens (tertiary/aromatic N) is 4. The van der Waals surface area contributed by atoms with Crippen molar-refractivity contribution in [2.45, 2.75) is 30.1 Å². The van der Waals surface area contributed by atoms with E-state index in [9.17, 15) is 26.4 Å². The van der Waals surface area contributed by atoms with Crippen molar-refractivity contribution in [1.29, 1.82) is 0 Å². The lowest BCUT2D eigenvalue weighted by molar-refractivity contribution is -0.137. The van der Waals surface area contributed by atoms with Crippen LogP contribution in [0.15, 0.2) is 58.6 Å². The summed E-state index contributed by atoms with van der Waals surface area (Å²) >= 11 is 0.965. The zero-order chi connectivity index (χ0) is 25.8. The molecule has 0 fully saturated rings. The third kappa shape index (κ3) is 6.13. The molecule has 1 aromatic heterocycles. The first kappa shape index (κ1) is 26.5. The molecule has 0 radical (unpaired) electrons. The highest BCUT2D eigenvalue weighted by Crippen LogP contribution is 2.30. The van der Waals surface area contributed by atoms with Crippen LogP contribution in [0.25, 0.3) is 11.4 Å². The minimum atomic E-state index is -4.46. The molecule has 3 N–H and O–H groups in total. The van der Waals surface area contributed by atoms with E-state index in [1.807, 2.05) is 0 Å². The van der Waals surface area contributed by atoms with Gasteiger partial charge in [-0.25, -0.2) is 13.1 Å². The Morgan fingerprint density at radius 1 is 1.11 bits per heavy atom. The molecule has 1 amide bonds. The average Bonchev–Trinajstić information content (AvgIpc) is 3.18. The quantitative estimate of drug-likeness (QED) is 0.322. The number of amides is 1. The minimum absolute atomic E-state index is 0.0897.